The van der Waals surface area contributed by atoms with Crippen molar-refractivity contribution in [2.45, 2.75) is 19.4 Å². The minimum atomic E-state index is -0.789. The van der Waals surface area contributed by atoms with Crippen molar-refractivity contribution in [2.75, 3.05) is 13.7 Å². The van der Waals surface area contributed by atoms with Gasteiger partial charge in [-0.15, -0.1) is 0 Å². The maximum atomic E-state index is 10.8. The van der Waals surface area contributed by atoms with Gasteiger partial charge >= 0.3 is 5.97 Å². The number of hydrogen-bond acceptors (Lipinski definition) is 2. The summed E-state index contributed by atoms with van der Waals surface area (Å²) in [7, 11) is 1.66. The standard InChI is InChI=1S/C16H18ClNO3/c1-21-11-10-18-14(7-9-16(19)20)6-8-15(18)12-2-4-13(17)5-3-12/h2-6,8H,7,9-11H2,1H3,(H,19,20). The minimum absolute atomic E-state index is 0.122. The van der Waals surface area contributed by atoms with E-state index in [0.717, 1.165) is 17.0 Å². The molecule has 0 atom stereocenters. The Balaban J connectivity index is 2.31. The third kappa shape index (κ3) is 4.09. The SMILES string of the molecule is COCCn1c(CCC(=O)O)ccc1-c1ccc(Cl)cc1. The van der Waals surface area contributed by atoms with Gasteiger partial charge in [-0.05, 0) is 36.2 Å². The van der Waals surface area contributed by atoms with Gasteiger partial charge in [0.1, 0.15) is 0 Å². The van der Waals surface area contributed by atoms with Crippen LogP contribution in [0.15, 0.2) is 36.4 Å². The summed E-state index contributed by atoms with van der Waals surface area (Å²) < 4.78 is 7.25. The van der Waals surface area contributed by atoms with E-state index in [1.54, 1.807) is 7.11 Å². The summed E-state index contributed by atoms with van der Waals surface area (Å²) in [5.41, 5.74) is 3.10. The number of rotatable bonds is 7. The molecular formula is C16H18ClNO3. The maximum absolute atomic E-state index is 10.8. The summed E-state index contributed by atoms with van der Waals surface area (Å²) in [6.45, 7) is 1.27. The largest absolute Gasteiger partial charge is 0.481 e. The number of carboxylic acid groups (broad SMARTS) is 1. The molecule has 0 saturated heterocycles. The highest BCUT2D eigenvalue weighted by Gasteiger charge is 2.11. The second kappa shape index (κ2) is 7.29. The van der Waals surface area contributed by atoms with Crippen molar-refractivity contribution in [1.82, 2.24) is 4.57 Å². The lowest BCUT2D eigenvalue weighted by Gasteiger charge is -2.13. The van der Waals surface area contributed by atoms with Crippen molar-refractivity contribution in [3.63, 3.8) is 0 Å². The van der Waals surface area contributed by atoms with Crippen LogP contribution >= 0.6 is 11.6 Å². The van der Waals surface area contributed by atoms with E-state index in [4.69, 9.17) is 21.4 Å². The normalized spacial score (nSPS) is 10.8. The fourth-order valence-corrected chi connectivity index (χ4v) is 2.41. The van der Waals surface area contributed by atoms with Gasteiger partial charge in [0.15, 0.2) is 0 Å². The zero-order valence-electron chi connectivity index (χ0n) is 11.9. The molecule has 0 aliphatic carbocycles. The van der Waals surface area contributed by atoms with Crippen molar-refractivity contribution < 1.29 is 14.6 Å². The summed E-state index contributed by atoms with van der Waals surface area (Å²) in [6, 6.07) is 11.6. The molecule has 0 fully saturated rings. The first-order valence-corrected chi connectivity index (χ1v) is 7.14. The highest BCUT2D eigenvalue weighted by Crippen LogP contribution is 2.25. The van der Waals surface area contributed by atoms with Gasteiger partial charge in [0.2, 0.25) is 0 Å². The van der Waals surface area contributed by atoms with Crippen molar-refractivity contribution >= 4 is 17.6 Å². The predicted octanol–water partition coefficient (Wildman–Crippen LogP) is 3.47. The average molecular weight is 308 g/mol. The van der Waals surface area contributed by atoms with Gasteiger partial charge in [0.05, 0.1) is 13.0 Å². The smallest absolute Gasteiger partial charge is 0.303 e. The predicted molar refractivity (Wildman–Crippen MR) is 82.7 cm³/mol. The first-order valence-electron chi connectivity index (χ1n) is 6.77. The lowest BCUT2D eigenvalue weighted by Crippen LogP contribution is -2.10. The molecule has 1 N–H and O–H groups in total. The fourth-order valence-electron chi connectivity index (χ4n) is 2.28. The van der Waals surface area contributed by atoms with Crippen LogP contribution in [0.1, 0.15) is 12.1 Å². The van der Waals surface area contributed by atoms with Crippen LogP contribution in [0.3, 0.4) is 0 Å². The maximum Gasteiger partial charge on any atom is 0.303 e. The van der Waals surface area contributed by atoms with E-state index in [0.29, 0.717) is 24.6 Å². The molecule has 5 heteroatoms. The summed E-state index contributed by atoms with van der Waals surface area (Å²) in [5.74, 6) is -0.789. The second-order valence-corrected chi connectivity index (χ2v) is 5.19. The van der Waals surface area contributed by atoms with Crippen molar-refractivity contribution in [1.29, 1.82) is 0 Å². The van der Waals surface area contributed by atoms with Gasteiger partial charge in [0.25, 0.3) is 0 Å². The number of nitrogens with zero attached hydrogens (tertiary/aromatic N) is 1. The first-order chi connectivity index (χ1) is 10.1. The molecule has 4 nitrogen and oxygen atoms in total. The third-order valence-corrected chi connectivity index (χ3v) is 3.58. The number of hydrogen-bond donors (Lipinski definition) is 1. The Labute approximate surface area is 128 Å². The number of aryl methyl sites for hydroxylation is 1. The van der Waals surface area contributed by atoms with Crippen LogP contribution in [0.5, 0.6) is 0 Å². The van der Waals surface area contributed by atoms with Crippen molar-refractivity contribution in [2.24, 2.45) is 0 Å². The quantitative estimate of drug-likeness (QED) is 0.852. The van der Waals surface area contributed by atoms with E-state index < -0.39 is 5.97 Å². The molecule has 1 heterocycles. The zero-order valence-corrected chi connectivity index (χ0v) is 12.6. The Kier molecular flexibility index (Phi) is 5.42. The molecule has 0 saturated carbocycles. The Morgan fingerprint density at radius 3 is 2.57 bits per heavy atom. The minimum Gasteiger partial charge on any atom is -0.481 e. The van der Waals surface area contributed by atoms with Crippen molar-refractivity contribution in [3.8, 4) is 11.3 Å². The number of ether oxygens (including phenoxy) is 1. The molecule has 0 aliphatic heterocycles. The van der Waals surface area contributed by atoms with E-state index >= 15 is 0 Å². The van der Waals surface area contributed by atoms with Gasteiger partial charge in [-0.25, -0.2) is 0 Å². The summed E-state index contributed by atoms with van der Waals surface area (Å²) in [5, 5.41) is 9.54. The van der Waals surface area contributed by atoms with Crippen molar-refractivity contribution in [3.05, 3.63) is 47.1 Å². The Morgan fingerprint density at radius 1 is 1.24 bits per heavy atom. The number of carbonyl (C=O) groups is 1. The Hall–Kier alpha value is -1.78. The van der Waals surface area contributed by atoms with Crippen LogP contribution in [-0.2, 0) is 22.5 Å². The van der Waals surface area contributed by atoms with Gasteiger partial charge in [-0.1, -0.05) is 23.7 Å². The number of methoxy groups -OCH3 is 1. The Morgan fingerprint density at radius 2 is 1.95 bits per heavy atom. The summed E-state index contributed by atoms with van der Waals surface area (Å²) >= 11 is 5.92. The molecule has 2 aromatic rings. The number of aromatic nitrogens is 1. The summed E-state index contributed by atoms with van der Waals surface area (Å²) in [6.07, 6.45) is 0.629. The van der Waals surface area contributed by atoms with Crippen LogP contribution < -0.4 is 0 Å². The van der Waals surface area contributed by atoms with Gasteiger partial charge in [-0.3, -0.25) is 4.79 Å². The number of carboxylic acids is 1. The number of aliphatic carboxylic acids is 1. The Bertz CT molecular complexity index is 604. The van der Waals surface area contributed by atoms with E-state index in [1.165, 1.54) is 0 Å². The van der Waals surface area contributed by atoms with Gasteiger partial charge in [-0.2, -0.15) is 0 Å². The molecule has 0 aliphatic rings. The van der Waals surface area contributed by atoms with Gasteiger partial charge in [0, 0.05) is 30.1 Å². The van der Waals surface area contributed by atoms with Gasteiger partial charge < -0.3 is 14.4 Å². The van der Waals surface area contributed by atoms with Crippen LogP contribution in [0, 0.1) is 0 Å². The van der Waals surface area contributed by atoms with Crippen LogP contribution in [0.25, 0.3) is 11.3 Å². The van der Waals surface area contributed by atoms with Crippen LogP contribution in [0.2, 0.25) is 5.02 Å². The van der Waals surface area contributed by atoms with Crippen LogP contribution in [-0.4, -0.2) is 29.4 Å². The topological polar surface area (TPSA) is 51.5 Å². The molecule has 1 aromatic carbocycles. The highest BCUT2D eigenvalue weighted by molar-refractivity contribution is 6.30. The lowest BCUT2D eigenvalue weighted by molar-refractivity contribution is -0.136. The van der Waals surface area contributed by atoms with E-state index in [2.05, 4.69) is 4.57 Å². The molecule has 2 rings (SSSR count). The molecule has 0 bridgehead atoms. The van der Waals surface area contributed by atoms with E-state index in [1.807, 2.05) is 36.4 Å². The monoisotopic (exact) mass is 307 g/mol. The molecule has 112 valence electrons. The number of halogens is 1. The zero-order chi connectivity index (χ0) is 15.2. The fraction of sp³-hybridized carbons (Fsp3) is 0.312. The molecule has 0 radical (unpaired) electrons. The molecule has 21 heavy (non-hydrogen) atoms. The van der Waals surface area contributed by atoms with Crippen LogP contribution in [0.4, 0.5) is 0 Å². The molecule has 0 unspecified atom stereocenters. The second-order valence-electron chi connectivity index (χ2n) is 4.75. The van der Waals surface area contributed by atoms with E-state index in [9.17, 15) is 4.79 Å². The third-order valence-electron chi connectivity index (χ3n) is 3.33. The molecule has 1 aromatic heterocycles. The number of benzene rings is 1. The summed E-state index contributed by atoms with van der Waals surface area (Å²) in [4.78, 5) is 10.8. The molecule has 0 amide bonds. The molecular weight excluding hydrogens is 290 g/mol. The molecule has 0 spiro atoms. The van der Waals surface area contributed by atoms with E-state index in [-0.39, 0.29) is 6.42 Å². The average Bonchev–Trinajstić information content (AvgIpc) is 2.86. The first kappa shape index (κ1) is 15.6. The lowest BCUT2D eigenvalue weighted by atomic mass is 10.1. The highest BCUT2D eigenvalue weighted by atomic mass is 35.5.